The zero-order valence-corrected chi connectivity index (χ0v) is 20.4. The van der Waals surface area contributed by atoms with Crippen molar-refractivity contribution in [3.63, 3.8) is 0 Å². The summed E-state index contributed by atoms with van der Waals surface area (Å²) in [6.07, 6.45) is 1.72. The maximum absolute atomic E-state index is 12.8. The summed E-state index contributed by atoms with van der Waals surface area (Å²) < 4.78 is 1.68. The topological polar surface area (TPSA) is 96.8 Å². The Balaban J connectivity index is 1.41. The molecule has 1 aromatic carbocycles. The Labute approximate surface area is 201 Å². The molecule has 1 fully saturated rings. The number of amides is 1. The van der Waals surface area contributed by atoms with Gasteiger partial charge in [-0.05, 0) is 40.8 Å². The van der Waals surface area contributed by atoms with Gasteiger partial charge in [0.15, 0.2) is 11.2 Å². The Kier molecular flexibility index (Phi) is 5.81. The van der Waals surface area contributed by atoms with Crippen molar-refractivity contribution in [3.8, 4) is 0 Å². The van der Waals surface area contributed by atoms with Crippen LogP contribution in [0.1, 0.15) is 66.2 Å². The normalized spacial score (nSPS) is 16.8. The van der Waals surface area contributed by atoms with Gasteiger partial charge >= 0.3 is 0 Å². The first-order chi connectivity index (χ1) is 16.3. The van der Waals surface area contributed by atoms with Gasteiger partial charge in [0, 0.05) is 19.0 Å². The number of H-pyrrole nitrogens is 1. The number of likely N-dealkylation sites (tertiary alicyclic amines) is 1. The lowest BCUT2D eigenvalue weighted by Crippen LogP contribution is -2.39. The van der Waals surface area contributed by atoms with E-state index in [1.165, 1.54) is 16.9 Å². The van der Waals surface area contributed by atoms with Crippen LogP contribution in [0.25, 0.3) is 11.2 Å². The predicted molar refractivity (Wildman–Crippen MR) is 132 cm³/mol. The Morgan fingerprint density at radius 1 is 1.21 bits per heavy atom. The molecule has 0 radical (unpaired) electrons. The van der Waals surface area contributed by atoms with Gasteiger partial charge in [-0.25, -0.2) is 9.67 Å². The van der Waals surface area contributed by atoms with E-state index in [1.807, 2.05) is 22.4 Å². The number of aromatic amines is 1. The predicted octanol–water partition coefficient (Wildman–Crippen LogP) is 3.94. The van der Waals surface area contributed by atoms with E-state index in [0.29, 0.717) is 31.1 Å². The van der Waals surface area contributed by atoms with Crippen LogP contribution in [0, 0.1) is 0 Å². The summed E-state index contributed by atoms with van der Waals surface area (Å²) in [5.74, 6) is 0.588. The van der Waals surface area contributed by atoms with E-state index in [0.717, 1.165) is 23.3 Å². The molecule has 1 aliphatic rings. The highest BCUT2D eigenvalue weighted by atomic mass is 32.1. The van der Waals surface area contributed by atoms with Crippen LogP contribution in [-0.4, -0.2) is 48.9 Å². The molecule has 3 aromatic heterocycles. The van der Waals surface area contributed by atoms with E-state index >= 15 is 0 Å². The lowest BCUT2D eigenvalue weighted by molar-refractivity contribution is 0.0709. The van der Waals surface area contributed by atoms with Crippen molar-refractivity contribution < 1.29 is 4.79 Å². The highest BCUT2D eigenvalue weighted by Crippen LogP contribution is 2.27. The van der Waals surface area contributed by atoms with Gasteiger partial charge < -0.3 is 9.88 Å². The number of nitrogens with zero attached hydrogens (tertiary/aromatic N) is 5. The van der Waals surface area contributed by atoms with Gasteiger partial charge in [-0.1, -0.05) is 56.3 Å². The molecule has 1 aliphatic heterocycles. The van der Waals surface area contributed by atoms with E-state index in [4.69, 9.17) is 4.98 Å². The molecule has 1 N–H and O–H groups in total. The number of rotatable bonds is 4. The number of hydrogen-bond donors (Lipinski definition) is 1. The third-order valence-corrected chi connectivity index (χ3v) is 7.23. The number of thiophene rings is 1. The highest BCUT2D eigenvalue weighted by Gasteiger charge is 2.28. The van der Waals surface area contributed by atoms with Crippen molar-refractivity contribution in [2.45, 2.75) is 51.5 Å². The second-order valence-corrected chi connectivity index (χ2v) is 10.8. The zero-order valence-electron chi connectivity index (χ0n) is 19.6. The summed E-state index contributed by atoms with van der Waals surface area (Å²) in [5.41, 5.74) is 2.82. The maximum Gasteiger partial charge on any atom is 0.281 e. The first-order valence-corrected chi connectivity index (χ1v) is 12.4. The number of carbonyl (C=O) groups excluding carboxylic acids is 1. The van der Waals surface area contributed by atoms with E-state index in [9.17, 15) is 9.59 Å². The SMILES string of the molecule is CC(C)(C)c1ccc(Cn2nnc3c(=O)[nH]c([C@@H]4CCCN(C(=O)c5cccs5)C4)nc32)cc1. The molecule has 1 saturated heterocycles. The molecule has 34 heavy (non-hydrogen) atoms. The number of benzene rings is 1. The molecule has 0 unspecified atom stereocenters. The van der Waals surface area contributed by atoms with E-state index in [1.54, 1.807) is 4.68 Å². The van der Waals surface area contributed by atoms with E-state index in [2.05, 4.69) is 60.3 Å². The van der Waals surface area contributed by atoms with Crippen LogP contribution in [-0.2, 0) is 12.0 Å². The van der Waals surface area contributed by atoms with Gasteiger partial charge in [0.1, 0.15) is 5.82 Å². The second-order valence-electron chi connectivity index (χ2n) is 9.89. The second kappa shape index (κ2) is 8.79. The van der Waals surface area contributed by atoms with Crippen molar-refractivity contribution in [1.29, 1.82) is 0 Å². The molecule has 0 aliphatic carbocycles. The summed E-state index contributed by atoms with van der Waals surface area (Å²) in [6.45, 7) is 8.27. The molecule has 1 atom stereocenters. The van der Waals surface area contributed by atoms with Crippen molar-refractivity contribution in [2.24, 2.45) is 0 Å². The number of carbonyl (C=O) groups is 1. The largest absolute Gasteiger partial charge is 0.337 e. The monoisotopic (exact) mass is 476 g/mol. The maximum atomic E-state index is 12.8. The smallest absolute Gasteiger partial charge is 0.281 e. The molecule has 0 spiro atoms. The van der Waals surface area contributed by atoms with Gasteiger partial charge in [-0.2, -0.15) is 0 Å². The van der Waals surface area contributed by atoms with Crippen LogP contribution < -0.4 is 5.56 Å². The van der Waals surface area contributed by atoms with E-state index in [-0.39, 0.29) is 28.3 Å². The van der Waals surface area contributed by atoms with Crippen LogP contribution in [0.15, 0.2) is 46.6 Å². The molecule has 8 nitrogen and oxygen atoms in total. The molecule has 176 valence electrons. The van der Waals surface area contributed by atoms with Crippen molar-refractivity contribution in [2.75, 3.05) is 13.1 Å². The molecule has 4 aromatic rings. The number of fused-ring (bicyclic) bond motifs is 1. The first-order valence-electron chi connectivity index (χ1n) is 11.6. The minimum Gasteiger partial charge on any atom is -0.337 e. The lowest BCUT2D eigenvalue weighted by atomic mass is 9.87. The third-order valence-electron chi connectivity index (χ3n) is 6.37. The zero-order chi connectivity index (χ0) is 23.9. The Morgan fingerprint density at radius 3 is 2.71 bits per heavy atom. The fourth-order valence-electron chi connectivity index (χ4n) is 4.41. The van der Waals surface area contributed by atoms with Crippen molar-refractivity contribution in [1.82, 2.24) is 29.9 Å². The summed E-state index contributed by atoms with van der Waals surface area (Å²) in [5, 5.41) is 10.2. The van der Waals surface area contributed by atoms with Crippen LogP contribution in [0.4, 0.5) is 0 Å². The van der Waals surface area contributed by atoms with Gasteiger partial charge in [0.2, 0.25) is 0 Å². The summed E-state index contributed by atoms with van der Waals surface area (Å²) in [7, 11) is 0. The molecular weight excluding hydrogens is 448 g/mol. The summed E-state index contributed by atoms with van der Waals surface area (Å²) >= 11 is 1.45. The summed E-state index contributed by atoms with van der Waals surface area (Å²) in [6, 6.07) is 12.1. The van der Waals surface area contributed by atoms with Gasteiger partial charge in [-0.3, -0.25) is 9.59 Å². The quantitative estimate of drug-likeness (QED) is 0.481. The van der Waals surface area contributed by atoms with Crippen LogP contribution in [0.5, 0.6) is 0 Å². The molecule has 1 amide bonds. The average molecular weight is 477 g/mol. The molecule has 0 saturated carbocycles. The fraction of sp³-hybridized carbons (Fsp3) is 0.400. The van der Waals surface area contributed by atoms with Gasteiger partial charge in [0.25, 0.3) is 11.5 Å². The van der Waals surface area contributed by atoms with Gasteiger partial charge in [0.05, 0.1) is 11.4 Å². The minimum absolute atomic E-state index is 0.0357. The van der Waals surface area contributed by atoms with Crippen molar-refractivity contribution >= 4 is 28.4 Å². The standard InChI is InChI=1S/C25H28N6O2S/c1-25(2,3)18-10-8-16(9-11-18)14-31-22-20(28-29-31)23(32)27-21(26-22)17-6-4-12-30(15-17)24(33)19-7-5-13-34-19/h5,7-11,13,17H,4,6,12,14-15H2,1-3H3,(H,26,27,32)/t17-/m1/s1. The number of hydrogen-bond acceptors (Lipinski definition) is 6. The highest BCUT2D eigenvalue weighted by molar-refractivity contribution is 7.12. The van der Waals surface area contributed by atoms with E-state index < -0.39 is 0 Å². The molecule has 0 bridgehead atoms. The average Bonchev–Trinajstić information content (AvgIpc) is 3.49. The number of piperidine rings is 1. The summed E-state index contributed by atoms with van der Waals surface area (Å²) in [4.78, 5) is 35.9. The first kappa shape index (κ1) is 22.5. The van der Waals surface area contributed by atoms with Crippen LogP contribution in [0.2, 0.25) is 0 Å². The Morgan fingerprint density at radius 2 is 2.00 bits per heavy atom. The molecular formula is C25H28N6O2S. The molecule has 5 rings (SSSR count). The number of nitrogens with one attached hydrogen (secondary N) is 1. The lowest BCUT2D eigenvalue weighted by Gasteiger charge is -2.31. The third kappa shape index (κ3) is 4.40. The Bertz CT molecular complexity index is 1370. The minimum atomic E-state index is -0.295. The Hall–Kier alpha value is -3.33. The van der Waals surface area contributed by atoms with Crippen LogP contribution >= 0.6 is 11.3 Å². The van der Waals surface area contributed by atoms with Gasteiger partial charge in [-0.15, -0.1) is 16.4 Å². The number of aromatic nitrogens is 5. The van der Waals surface area contributed by atoms with Crippen LogP contribution in [0.3, 0.4) is 0 Å². The van der Waals surface area contributed by atoms with Crippen molar-refractivity contribution in [3.05, 3.63) is 74.0 Å². The molecule has 4 heterocycles. The fourth-order valence-corrected chi connectivity index (χ4v) is 5.10. The molecule has 9 heteroatoms.